The van der Waals surface area contributed by atoms with Gasteiger partial charge in [-0.1, -0.05) is 0 Å². The van der Waals surface area contributed by atoms with Gasteiger partial charge >= 0.3 is 0 Å². The maximum atomic E-state index is 12.5. The Hall–Kier alpha value is -0.910. The Morgan fingerprint density at radius 2 is 2.04 bits per heavy atom. The van der Waals surface area contributed by atoms with Gasteiger partial charge in [0.25, 0.3) is 0 Å². The topological polar surface area (TPSA) is 32.8 Å². The second-order valence-corrected chi connectivity index (χ2v) is 7.95. The summed E-state index contributed by atoms with van der Waals surface area (Å²) in [5.74, 6) is 1.02. The van der Waals surface area contributed by atoms with Crippen LogP contribution in [0.3, 0.4) is 0 Å². The fourth-order valence-electron chi connectivity index (χ4n) is 4.50. The molecule has 0 aliphatic carbocycles. The minimum Gasteiger partial charge on any atom is -0.381 e. The number of nitrogens with zero attached hydrogens (tertiary/aromatic N) is 2. The third-order valence-electron chi connectivity index (χ3n) is 5.76. The van der Waals surface area contributed by atoms with E-state index in [1.165, 1.54) is 5.56 Å². The molecule has 0 radical (unpaired) electrons. The summed E-state index contributed by atoms with van der Waals surface area (Å²) in [6.07, 6.45) is 5.13. The first-order valence-corrected chi connectivity index (χ1v) is 9.88. The van der Waals surface area contributed by atoms with E-state index in [2.05, 4.69) is 26.6 Å². The summed E-state index contributed by atoms with van der Waals surface area (Å²) in [4.78, 5) is 17.4. The second-order valence-electron chi connectivity index (χ2n) is 7.17. The molecule has 4 rings (SSSR count). The molecular formula is C18H26N2O2S. The molecule has 1 aromatic heterocycles. The Morgan fingerprint density at radius 1 is 1.17 bits per heavy atom. The van der Waals surface area contributed by atoms with Crippen LogP contribution >= 0.6 is 11.3 Å². The van der Waals surface area contributed by atoms with Gasteiger partial charge in [0.2, 0.25) is 5.91 Å². The lowest BCUT2D eigenvalue weighted by Gasteiger charge is -2.42. The third kappa shape index (κ3) is 3.32. The van der Waals surface area contributed by atoms with Crippen molar-refractivity contribution in [1.29, 1.82) is 0 Å². The summed E-state index contributed by atoms with van der Waals surface area (Å²) in [7, 11) is 0. The molecular weight excluding hydrogens is 308 g/mol. The number of piperidine rings is 1. The average Bonchev–Trinajstić information content (AvgIpc) is 3.22. The lowest BCUT2D eigenvalue weighted by atomic mass is 9.92. The molecule has 3 aliphatic heterocycles. The molecule has 3 fully saturated rings. The first-order chi connectivity index (χ1) is 11.3. The fraction of sp³-hybridized carbons (Fsp3) is 0.722. The lowest BCUT2D eigenvalue weighted by Crippen LogP contribution is -2.53. The van der Waals surface area contributed by atoms with Crippen molar-refractivity contribution in [1.82, 2.24) is 9.80 Å². The van der Waals surface area contributed by atoms with E-state index in [-0.39, 0.29) is 0 Å². The Balaban J connectivity index is 1.42. The minimum atomic E-state index is 0.384. The number of carbonyl (C=O) groups excluding carboxylic acids is 1. The number of likely N-dealkylation sites (tertiary alicyclic amines) is 2. The Morgan fingerprint density at radius 3 is 2.83 bits per heavy atom. The van der Waals surface area contributed by atoms with Gasteiger partial charge in [0.15, 0.2) is 0 Å². The number of rotatable bonds is 4. The van der Waals surface area contributed by atoms with Crippen molar-refractivity contribution in [2.75, 3.05) is 26.3 Å². The Labute approximate surface area is 142 Å². The van der Waals surface area contributed by atoms with Crippen molar-refractivity contribution in [2.45, 2.75) is 50.7 Å². The van der Waals surface area contributed by atoms with Crippen LogP contribution < -0.4 is 0 Å². The zero-order valence-corrected chi connectivity index (χ0v) is 14.5. The van der Waals surface area contributed by atoms with E-state index in [9.17, 15) is 4.79 Å². The van der Waals surface area contributed by atoms with Crippen molar-refractivity contribution in [3.63, 3.8) is 0 Å². The van der Waals surface area contributed by atoms with Crippen molar-refractivity contribution in [2.24, 2.45) is 5.92 Å². The van der Waals surface area contributed by atoms with Crippen LogP contribution in [0, 0.1) is 5.92 Å². The van der Waals surface area contributed by atoms with Gasteiger partial charge < -0.3 is 9.64 Å². The van der Waals surface area contributed by atoms with E-state index in [0.29, 0.717) is 23.9 Å². The van der Waals surface area contributed by atoms with Crippen LogP contribution in [0.5, 0.6) is 0 Å². The average molecular weight is 334 g/mol. The molecule has 2 atom stereocenters. The molecule has 23 heavy (non-hydrogen) atoms. The highest BCUT2D eigenvalue weighted by molar-refractivity contribution is 7.07. The van der Waals surface area contributed by atoms with Gasteiger partial charge in [0.1, 0.15) is 0 Å². The molecule has 1 aromatic rings. The van der Waals surface area contributed by atoms with Crippen molar-refractivity contribution in [3.8, 4) is 0 Å². The van der Waals surface area contributed by atoms with Crippen LogP contribution in [0.25, 0.3) is 0 Å². The predicted octanol–water partition coefficient (Wildman–Crippen LogP) is 2.74. The van der Waals surface area contributed by atoms with Gasteiger partial charge in [0.05, 0.1) is 0 Å². The molecule has 0 bridgehead atoms. The number of hydrogen-bond donors (Lipinski definition) is 0. The van der Waals surface area contributed by atoms with Crippen molar-refractivity contribution < 1.29 is 9.53 Å². The van der Waals surface area contributed by atoms with E-state index in [1.54, 1.807) is 11.3 Å². The van der Waals surface area contributed by atoms with Crippen LogP contribution in [0.4, 0.5) is 0 Å². The molecule has 4 heterocycles. The maximum absolute atomic E-state index is 12.5. The number of ether oxygens (including phenoxy) is 1. The van der Waals surface area contributed by atoms with Gasteiger partial charge in [-0.2, -0.15) is 11.3 Å². The minimum absolute atomic E-state index is 0.384. The highest BCUT2D eigenvalue weighted by atomic mass is 32.1. The molecule has 126 valence electrons. The number of hydrogen-bond acceptors (Lipinski definition) is 4. The Kier molecular flexibility index (Phi) is 4.69. The van der Waals surface area contributed by atoms with Gasteiger partial charge in [-0.15, -0.1) is 0 Å². The summed E-state index contributed by atoms with van der Waals surface area (Å²) >= 11 is 1.77. The highest BCUT2D eigenvalue weighted by Crippen LogP contribution is 2.34. The van der Waals surface area contributed by atoms with Gasteiger partial charge in [-0.25, -0.2) is 0 Å². The van der Waals surface area contributed by atoms with Gasteiger partial charge in [0, 0.05) is 51.4 Å². The summed E-state index contributed by atoms with van der Waals surface area (Å²) in [5, 5.41) is 4.41. The van der Waals surface area contributed by atoms with Crippen LogP contribution in [0.2, 0.25) is 0 Å². The predicted molar refractivity (Wildman–Crippen MR) is 91.4 cm³/mol. The number of thiophene rings is 1. The van der Waals surface area contributed by atoms with Gasteiger partial charge in [-0.05, 0) is 54.0 Å². The third-order valence-corrected chi connectivity index (χ3v) is 6.49. The fourth-order valence-corrected chi connectivity index (χ4v) is 5.16. The second kappa shape index (κ2) is 6.91. The number of amides is 1. The zero-order chi connectivity index (χ0) is 15.6. The first kappa shape index (κ1) is 15.6. The SMILES string of the molecule is O=C1CC[C@@H]2[C@@H](CCN2Cc2ccsc2)N1CC1CCOCC1. The number of carbonyl (C=O) groups is 1. The first-order valence-electron chi connectivity index (χ1n) is 8.93. The standard InChI is InChI=1S/C18H26N2O2S/c21-18-2-1-16-17(20(18)12-14-4-8-22-9-5-14)3-7-19(16)11-15-6-10-23-13-15/h6,10,13-14,16-17H,1-5,7-9,11-12H2/t16-,17-/m1/s1. The highest BCUT2D eigenvalue weighted by Gasteiger charge is 2.43. The molecule has 0 aromatic carbocycles. The smallest absolute Gasteiger partial charge is 0.222 e. The van der Waals surface area contributed by atoms with Crippen molar-refractivity contribution in [3.05, 3.63) is 22.4 Å². The van der Waals surface area contributed by atoms with Gasteiger partial charge in [-0.3, -0.25) is 9.69 Å². The van der Waals surface area contributed by atoms with E-state index in [0.717, 1.165) is 65.0 Å². The van der Waals surface area contributed by atoms with E-state index < -0.39 is 0 Å². The largest absolute Gasteiger partial charge is 0.381 e. The maximum Gasteiger partial charge on any atom is 0.222 e. The summed E-state index contributed by atoms with van der Waals surface area (Å²) in [6, 6.07) is 3.23. The molecule has 4 nitrogen and oxygen atoms in total. The summed E-state index contributed by atoms with van der Waals surface area (Å²) in [5.41, 5.74) is 1.42. The molecule has 0 spiro atoms. The lowest BCUT2D eigenvalue weighted by molar-refractivity contribution is -0.139. The van der Waals surface area contributed by atoms with Crippen LogP contribution in [-0.4, -0.2) is 54.1 Å². The van der Waals surface area contributed by atoms with Crippen LogP contribution in [0.1, 0.15) is 37.7 Å². The molecule has 0 unspecified atom stereocenters. The molecule has 3 saturated heterocycles. The molecule has 0 N–H and O–H groups in total. The Bertz CT molecular complexity index is 527. The van der Waals surface area contributed by atoms with Crippen LogP contribution in [0.15, 0.2) is 16.8 Å². The molecule has 1 amide bonds. The summed E-state index contributed by atoms with van der Waals surface area (Å²) in [6.45, 7) is 4.86. The number of fused-ring (bicyclic) bond motifs is 1. The van der Waals surface area contributed by atoms with Crippen molar-refractivity contribution >= 4 is 17.2 Å². The van der Waals surface area contributed by atoms with E-state index in [1.807, 2.05) is 0 Å². The van der Waals surface area contributed by atoms with E-state index >= 15 is 0 Å². The normalized spacial score (nSPS) is 29.9. The summed E-state index contributed by atoms with van der Waals surface area (Å²) < 4.78 is 5.47. The molecule has 5 heteroatoms. The quantitative estimate of drug-likeness (QED) is 0.849. The van der Waals surface area contributed by atoms with E-state index in [4.69, 9.17) is 4.74 Å². The monoisotopic (exact) mass is 334 g/mol. The van der Waals surface area contributed by atoms with Crippen LogP contribution in [-0.2, 0) is 16.1 Å². The molecule has 3 aliphatic rings. The molecule has 0 saturated carbocycles. The zero-order valence-electron chi connectivity index (χ0n) is 13.7.